The summed E-state index contributed by atoms with van der Waals surface area (Å²) in [7, 11) is -3.30. The molecule has 1 aromatic rings. The fraction of sp³-hybridized carbons (Fsp3) is 0.571. The number of nitrogens with one attached hydrogen (secondary N) is 1. The van der Waals surface area contributed by atoms with Crippen molar-refractivity contribution in [1.82, 2.24) is 4.72 Å². The Morgan fingerprint density at radius 3 is 2.42 bits per heavy atom. The van der Waals surface area contributed by atoms with Gasteiger partial charge in [0.25, 0.3) is 0 Å². The quantitative estimate of drug-likeness (QED) is 0.821. The van der Waals surface area contributed by atoms with Gasteiger partial charge in [0.2, 0.25) is 10.0 Å². The number of benzene rings is 1. The summed E-state index contributed by atoms with van der Waals surface area (Å²) in [5.74, 6) is 0.357. The van der Waals surface area contributed by atoms with Crippen LogP contribution in [0.1, 0.15) is 36.6 Å². The molecule has 0 bridgehead atoms. The predicted molar refractivity (Wildman–Crippen MR) is 81.1 cm³/mol. The van der Waals surface area contributed by atoms with Crippen molar-refractivity contribution < 1.29 is 8.42 Å². The number of hydrogen-bond donors (Lipinski definition) is 1. The molecule has 2 unspecified atom stereocenters. The second-order valence-electron chi connectivity index (χ2n) is 5.24. The average molecular weight is 304 g/mol. The molecule has 0 heterocycles. The monoisotopic (exact) mass is 303 g/mol. The van der Waals surface area contributed by atoms with E-state index in [-0.39, 0.29) is 17.7 Å². The van der Waals surface area contributed by atoms with E-state index in [1.54, 1.807) is 0 Å². The SMILES string of the molecule is Cc1ccc(C(C)NS(=O)(=O)CC(C)CCl)c(C)c1. The third-order valence-corrected chi connectivity index (χ3v) is 5.26. The van der Waals surface area contributed by atoms with Crippen LogP contribution in [0.3, 0.4) is 0 Å². The summed E-state index contributed by atoms with van der Waals surface area (Å²) in [6.45, 7) is 7.71. The summed E-state index contributed by atoms with van der Waals surface area (Å²) in [6, 6.07) is 5.80. The van der Waals surface area contributed by atoms with Crippen molar-refractivity contribution in [3.8, 4) is 0 Å². The maximum Gasteiger partial charge on any atom is 0.212 e. The zero-order valence-corrected chi connectivity index (χ0v) is 13.5. The van der Waals surface area contributed by atoms with Gasteiger partial charge in [-0.25, -0.2) is 13.1 Å². The van der Waals surface area contributed by atoms with Crippen LogP contribution in [0.4, 0.5) is 0 Å². The highest BCUT2D eigenvalue weighted by molar-refractivity contribution is 7.89. The molecule has 0 saturated heterocycles. The fourth-order valence-corrected chi connectivity index (χ4v) is 3.98. The maximum absolute atomic E-state index is 12.0. The van der Waals surface area contributed by atoms with Crippen LogP contribution < -0.4 is 4.72 Å². The zero-order chi connectivity index (χ0) is 14.6. The highest BCUT2D eigenvalue weighted by Crippen LogP contribution is 2.19. The number of rotatable bonds is 6. The van der Waals surface area contributed by atoms with Crippen LogP contribution in [-0.2, 0) is 10.0 Å². The summed E-state index contributed by atoms with van der Waals surface area (Å²) in [6.07, 6.45) is 0. The molecule has 0 amide bonds. The van der Waals surface area contributed by atoms with Gasteiger partial charge in [-0.2, -0.15) is 0 Å². The topological polar surface area (TPSA) is 46.2 Å². The summed E-state index contributed by atoms with van der Waals surface area (Å²) in [5.41, 5.74) is 3.28. The first-order valence-electron chi connectivity index (χ1n) is 6.38. The standard InChI is InChI=1S/C14H22ClNO2S/c1-10-5-6-14(12(3)7-10)13(4)16-19(17,18)9-11(2)8-15/h5-7,11,13,16H,8-9H2,1-4H3. The second-order valence-corrected chi connectivity index (χ2v) is 7.35. The maximum atomic E-state index is 12.0. The van der Waals surface area contributed by atoms with Gasteiger partial charge < -0.3 is 0 Å². The Hall–Kier alpha value is -0.580. The molecule has 1 aromatic carbocycles. The van der Waals surface area contributed by atoms with Crippen molar-refractivity contribution in [2.45, 2.75) is 33.7 Å². The molecule has 5 heteroatoms. The molecule has 108 valence electrons. The van der Waals surface area contributed by atoms with Gasteiger partial charge in [0.15, 0.2) is 0 Å². The van der Waals surface area contributed by atoms with Gasteiger partial charge in [0.1, 0.15) is 0 Å². The lowest BCUT2D eigenvalue weighted by atomic mass is 10.0. The predicted octanol–water partition coefficient (Wildman–Crippen LogP) is 3.16. The molecule has 0 aliphatic heterocycles. The molecule has 0 radical (unpaired) electrons. The van der Waals surface area contributed by atoms with Crippen molar-refractivity contribution in [2.24, 2.45) is 5.92 Å². The van der Waals surface area contributed by atoms with E-state index in [0.29, 0.717) is 5.88 Å². The zero-order valence-electron chi connectivity index (χ0n) is 11.9. The molecule has 1 rings (SSSR count). The van der Waals surface area contributed by atoms with Crippen LogP contribution in [0.25, 0.3) is 0 Å². The molecular formula is C14H22ClNO2S. The molecule has 0 aliphatic rings. The third kappa shape index (κ3) is 5.13. The van der Waals surface area contributed by atoms with Crippen LogP contribution in [0, 0.1) is 19.8 Å². The Balaban J connectivity index is 2.81. The smallest absolute Gasteiger partial charge is 0.212 e. The van der Waals surface area contributed by atoms with E-state index >= 15 is 0 Å². The lowest BCUT2D eigenvalue weighted by molar-refractivity contribution is 0.555. The first kappa shape index (κ1) is 16.5. The van der Waals surface area contributed by atoms with E-state index in [9.17, 15) is 8.42 Å². The summed E-state index contributed by atoms with van der Waals surface area (Å²) >= 11 is 5.66. The summed E-state index contributed by atoms with van der Waals surface area (Å²) in [5, 5.41) is 0. The Labute approximate surface area is 121 Å². The van der Waals surface area contributed by atoms with Gasteiger partial charge in [-0.3, -0.25) is 0 Å². The van der Waals surface area contributed by atoms with Crippen LogP contribution in [-0.4, -0.2) is 20.1 Å². The minimum Gasteiger partial charge on any atom is -0.212 e. The van der Waals surface area contributed by atoms with Gasteiger partial charge in [-0.15, -0.1) is 11.6 Å². The number of aryl methyl sites for hydroxylation is 2. The van der Waals surface area contributed by atoms with Crippen LogP contribution in [0.2, 0.25) is 0 Å². The van der Waals surface area contributed by atoms with Gasteiger partial charge >= 0.3 is 0 Å². The highest BCUT2D eigenvalue weighted by atomic mass is 35.5. The second kappa shape index (κ2) is 6.73. The molecule has 3 nitrogen and oxygen atoms in total. The molecule has 0 saturated carbocycles. The molecule has 19 heavy (non-hydrogen) atoms. The normalized spacial score (nSPS) is 15.2. The molecular weight excluding hydrogens is 282 g/mol. The largest absolute Gasteiger partial charge is 0.212 e. The minimum atomic E-state index is -3.30. The molecule has 0 aliphatic carbocycles. The third-order valence-electron chi connectivity index (χ3n) is 3.02. The molecule has 0 fully saturated rings. The molecule has 0 spiro atoms. The van der Waals surface area contributed by atoms with E-state index in [2.05, 4.69) is 10.8 Å². The minimum absolute atomic E-state index is 0.0505. The van der Waals surface area contributed by atoms with Crippen molar-refractivity contribution in [1.29, 1.82) is 0 Å². The first-order chi connectivity index (χ1) is 8.75. The van der Waals surface area contributed by atoms with Crippen LogP contribution >= 0.6 is 11.6 Å². The van der Waals surface area contributed by atoms with E-state index < -0.39 is 10.0 Å². The van der Waals surface area contributed by atoms with Crippen molar-refractivity contribution in [3.63, 3.8) is 0 Å². The lowest BCUT2D eigenvalue weighted by Crippen LogP contribution is -2.32. The van der Waals surface area contributed by atoms with E-state index in [0.717, 1.165) is 11.1 Å². The molecule has 1 N–H and O–H groups in total. The Bertz CT molecular complexity index is 528. The van der Waals surface area contributed by atoms with Crippen molar-refractivity contribution in [2.75, 3.05) is 11.6 Å². The van der Waals surface area contributed by atoms with Gasteiger partial charge in [-0.1, -0.05) is 30.7 Å². The first-order valence-corrected chi connectivity index (χ1v) is 8.57. The molecule has 0 aromatic heterocycles. The number of sulfonamides is 1. The van der Waals surface area contributed by atoms with Crippen LogP contribution in [0.5, 0.6) is 0 Å². The van der Waals surface area contributed by atoms with E-state index in [1.165, 1.54) is 5.56 Å². The van der Waals surface area contributed by atoms with E-state index in [1.807, 2.05) is 39.8 Å². The lowest BCUT2D eigenvalue weighted by Gasteiger charge is -2.18. The van der Waals surface area contributed by atoms with E-state index in [4.69, 9.17) is 11.6 Å². The average Bonchev–Trinajstić information content (AvgIpc) is 2.26. The number of alkyl halides is 1. The van der Waals surface area contributed by atoms with Gasteiger partial charge in [0, 0.05) is 11.9 Å². The Morgan fingerprint density at radius 1 is 1.26 bits per heavy atom. The van der Waals surface area contributed by atoms with Crippen molar-refractivity contribution >= 4 is 21.6 Å². The Morgan fingerprint density at radius 2 is 1.89 bits per heavy atom. The molecule has 2 atom stereocenters. The number of halogens is 1. The van der Waals surface area contributed by atoms with Gasteiger partial charge in [-0.05, 0) is 37.8 Å². The van der Waals surface area contributed by atoms with Gasteiger partial charge in [0.05, 0.1) is 5.75 Å². The number of hydrogen-bond acceptors (Lipinski definition) is 2. The van der Waals surface area contributed by atoms with Crippen LogP contribution in [0.15, 0.2) is 18.2 Å². The Kier molecular flexibility index (Phi) is 5.83. The summed E-state index contributed by atoms with van der Waals surface area (Å²) < 4.78 is 26.7. The highest BCUT2D eigenvalue weighted by Gasteiger charge is 2.19. The summed E-state index contributed by atoms with van der Waals surface area (Å²) in [4.78, 5) is 0. The van der Waals surface area contributed by atoms with Crippen molar-refractivity contribution in [3.05, 3.63) is 34.9 Å². The fourth-order valence-electron chi connectivity index (χ4n) is 2.11.